The average Bonchev–Trinajstić information content (AvgIpc) is 1.87. The van der Waals surface area contributed by atoms with Crippen molar-refractivity contribution in [3.05, 3.63) is 0 Å². The zero-order valence-corrected chi connectivity index (χ0v) is 9.40. The second-order valence-electron chi connectivity index (χ2n) is 3.70. The largest absolute Gasteiger partial charge is 0.219 e. The van der Waals surface area contributed by atoms with Crippen molar-refractivity contribution in [2.45, 2.75) is 39.4 Å². The number of rotatable bonds is 3. The van der Waals surface area contributed by atoms with Gasteiger partial charge in [0.15, 0.2) is 0 Å². The molecule has 74 valence electrons. The Labute approximate surface area is 75.8 Å². The van der Waals surface area contributed by atoms with Crippen LogP contribution in [0.1, 0.15) is 34.6 Å². The average molecular weight is 193 g/mol. The monoisotopic (exact) mass is 193 g/mol. The molecule has 12 heavy (non-hydrogen) atoms. The lowest BCUT2D eigenvalue weighted by molar-refractivity contribution is 0.423. The molecule has 0 heterocycles. The first-order valence-corrected chi connectivity index (χ1v) is 5.71. The van der Waals surface area contributed by atoms with Crippen LogP contribution in [-0.2, 0) is 10.0 Å². The van der Waals surface area contributed by atoms with Gasteiger partial charge in [-0.25, -0.2) is 12.7 Å². The smallest absolute Gasteiger partial charge is 0.212 e. The predicted octanol–water partition coefficient (Wildman–Crippen LogP) is 1.46. The lowest BCUT2D eigenvalue weighted by atomic mass is 10.3. The first kappa shape index (κ1) is 11.9. The molecule has 0 rings (SSSR count). The summed E-state index contributed by atoms with van der Waals surface area (Å²) in [5, 5.41) is 0. The van der Waals surface area contributed by atoms with Crippen molar-refractivity contribution in [1.29, 1.82) is 0 Å². The minimum atomic E-state index is -3.11. The van der Waals surface area contributed by atoms with Gasteiger partial charge in [0, 0.05) is 13.1 Å². The molecule has 0 aromatic rings. The van der Waals surface area contributed by atoms with Crippen LogP contribution < -0.4 is 0 Å². The van der Waals surface area contributed by atoms with Crippen LogP contribution in [0.3, 0.4) is 0 Å². The first-order chi connectivity index (χ1) is 5.27. The highest BCUT2D eigenvalue weighted by atomic mass is 32.2. The Morgan fingerprint density at radius 3 is 1.50 bits per heavy atom. The summed E-state index contributed by atoms with van der Waals surface area (Å²) >= 11 is 0. The third-order valence-corrected chi connectivity index (χ3v) is 4.56. The van der Waals surface area contributed by atoms with Crippen LogP contribution in [0.25, 0.3) is 0 Å². The van der Waals surface area contributed by atoms with Gasteiger partial charge < -0.3 is 0 Å². The molecule has 0 N–H and O–H groups in total. The molecule has 0 spiro atoms. The van der Waals surface area contributed by atoms with Crippen molar-refractivity contribution in [3.8, 4) is 0 Å². The normalized spacial score (nSPS) is 13.8. The molecule has 0 saturated heterocycles. The van der Waals surface area contributed by atoms with Crippen LogP contribution in [0.4, 0.5) is 0 Å². The Hall–Kier alpha value is -0.0900. The molecule has 0 amide bonds. The molecule has 3 nitrogen and oxygen atoms in total. The van der Waals surface area contributed by atoms with E-state index >= 15 is 0 Å². The fourth-order valence-corrected chi connectivity index (χ4v) is 2.41. The summed E-state index contributed by atoms with van der Waals surface area (Å²) in [7, 11) is -3.11. The molecule has 4 heteroatoms. The van der Waals surface area contributed by atoms with Crippen LogP contribution >= 0.6 is 0 Å². The van der Waals surface area contributed by atoms with Gasteiger partial charge in [-0.15, -0.1) is 0 Å². The highest BCUT2D eigenvalue weighted by Gasteiger charge is 2.33. The van der Waals surface area contributed by atoms with Crippen LogP contribution in [0.2, 0.25) is 0 Å². The van der Waals surface area contributed by atoms with E-state index in [1.165, 1.54) is 4.31 Å². The van der Waals surface area contributed by atoms with Gasteiger partial charge in [0.1, 0.15) is 0 Å². The lowest BCUT2D eigenvalue weighted by Crippen LogP contribution is -2.42. The van der Waals surface area contributed by atoms with E-state index in [9.17, 15) is 8.42 Å². The van der Waals surface area contributed by atoms with Crippen LogP contribution in [0, 0.1) is 0 Å². The summed E-state index contributed by atoms with van der Waals surface area (Å²) in [5.74, 6) is 0. The molecular formula is C8H19NO2S. The number of sulfonamides is 1. The van der Waals surface area contributed by atoms with Crippen molar-refractivity contribution in [1.82, 2.24) is 4.31 Å². The summed E-state index contributed by atoms with van der Waals surface area (Å²) in [6, 6.07) is 0. The SMILES string of the molecule is CCN(CC)S(=O)(=O)C(C)(C)C. The molecular weight excluding hydrogens is 174 g/mol. The minimum Gasteiger partial charge on any atom is -0.212 e. The van der Waals surface area contributed by atoms with E-state index in [1.807, 2.05) is 13.8 Å². The number of nitrogens with zero attached hydrogens (tertiary/aromatic N) is 1. The van der Waals surface area contributed by atoms with Crippen molar-refractivity contribution in [2.75, 3.05) is 13.1 Å². The van der Waals surface area contributed by atoms with Crippen LogP contribution in [0.5, 0.6) is 0 Å². The molecule has 0 fully saturated rings. The molecule has 0 aliphatic heterocycles. The lowest BCUT2D eigenvalue weighted by Gasteiger charge is -2.27. The molecule has 0 aromatic heterocycles. The second-order valence-corrected chi connectivity index (χ2v) is 6.39. The summed E-state index contributed by atoms with van der Waals surface area (Å²) in [6.07, 6.45) is 0. The zero-order valence-electron chi connectivity index (χ0n) is 8.59. The molecule has 0 radical (unpaired) electrons. The molecule has 0 atom stereocenters. The van der Waals surface area contributed by atoms with Crippen molar-refractivity contribution >= 4 is 10.0 Å². The van der Waals surface area contributed by atoms with Crippen molar-refractivity contribution < 1.29 is 8.42 Å². The van der Waals surface area contributed by atoms with E-state index in [0.717, 1.165) is 0 Å². The van der Waals surface area contributed by atoms with E-state index in [-0.39, 0.29) is 0 Å². The molecule has 0 aliphatic carbocycles. The van der Waals surface area contributed by atoms with E-state index < -0.39 is 14.8 Å². The van der Waals surface area contributed by atoms with Crippen molar-refractivity contribution in [3.63, 3.8) is 0 Å². The maximum atomic E-state index is 11.7. The van der Waals surface area contributed by atoms with E-state index in [0.29, 0.717) is 13.1 Å². The Morgan fingerprint density at radius 2 is 1.42 bits per heavy atom. The van der Waals surface area contributed by atoms with Gasteiger partial charge in [-0.05, 0) is 20.8 Å². The number of hydrogen-bond donors (Lipinski definition) is 0. The van der Waals surface area contributed by atoms with Gasteiger partial charge in [0.2, 0.25) is 10.0 Å². The Morgan fingerprint density at radius 1 is 1.08 bits per heavy atom. The molecule has 0 aliphatic rings. The quantitative estimate of drug-likeness (QED) is 0.680. The highest BCUT2D eigenvalue weighted by Crippen LogP contribution is 2.19. The molecule has 0 bridgehead atoms. The first-order valence-electron chi connectivity index (χ1n) is 4.27. The second kappa shape index (κ2) is 3.75. The fourth-order valence-electron chi connectivity index (χ4n) is 0.951. The zero-order chi connectivity index (χ0) is 9.99. The van der Waals surface area contributed by atoms with E-state index in [4.69, 9.17) is 0 Å². The standard InChI is InChI=1S/C8H19NO2S/c1-6-9(7-2)12(10,11)8(3,4)5/h6-7H2,1-5H3. The predicted molar refractivity (Wildman–Crippen MR) is 51.6 cm³/mol. The summed E-state index contributed by atoms with van der Waals surface area (Å²) in [5.41, 5.74) is 0. The van der Waals surface area contributed by atoms with E-state index in [2.05, 4.69) is 0 Å². The van der Waals surface area contributed by atoms with Gasteiger partial charge in [-0.3, -0.25) is 0 Å². The summed E-state index contributed by atoms with van der Waals surface area (Å²) in [4.78, 5) is 0. The summed E-state index contributed by atoms with van der Waals surface area (Å²) in [6.45, 7) is 9.98. The molecule has 0 saturated carbocycles. The fraction of sp³-hybridized carbons (Fsp3) is 1.00. The Balaban J connectivity index is 4.85. The van der Waals surface area contributed by atoms with Crippen molar-refractivity contribution in [2.24, 2.45) is 0 Å². The number of hydrogen-bond acceptors (Lipinski definition) is 2. The molecule has 0 unspecified atom stereocenters. The van der Waals surface area contributed by atoms with Crippen LogP contribution in [-0.4, -0.2) is 30.6 Å². The van der Waals surface area contributed by atoms with E-state index in [1.54, 1.807) is 20.8 Å². The minimum absolute atomic E-state index is 0.552. The Bertz CT molecular complexity index is 222. The van der Waals surface area contributed by atoms with Crippen LogP contribution in [0.15, 0.2) is 0 Å². The summed E-state index contributed by atoms with van der Waals surface area (Å²) < 4.78 is 24.3. The van der Waals surface area contributed by atoms with Gasteiger partial charge in [0.05, 0.1) is 4.75 Å². The topological polar surface area (TPSA) is 37.4 Å². The third-order valence-electron chi connectivity index (χ3n) is 1.82. The highest BCUT2D eigenvalue weighted by molar-refractivity contribution is 7.90. The van der Waals surface area contributed by atoms with Gasteiger partial charge in [-0.2, -0.15) is 0 Å². The van der Waals surface area contributed by atoms with Gasteiger partial charge in [0.25, 0.3) is 0 Å². The maximum absolute atomic E-state index is 11.7. The Kier molecular flexibility index (Phi) is 3.72. The molecule has 0 aromatic carbocycles. The van der Waals surface area contributed by atoms with Gasteiger partial charge in [-0.1, -0.05) is 13.8 Å². The van der Waals surface area contributed by atoms with Gasteiger partial charge >= 0.3 is 0 Å². The maximum Gasteiger partial charge on any atom is 0.219 e. The third kappa shape index (κ3) is 2.20.